The van der Waals surface area contributed by atoms with Crippen molar-refractivity contribution in [3.05, 3.63) is 52.8 Å². The van der Waals surface area contributed by atoms with E-state index in [0.29, 0.717) is 23.2 Å². The van der Waals surface area contributed by atoms with Gasteiger partial charge in [-0.1, -0.05) is 11.6 Å². The molecule has 0 saturated carbocycles. The van der Waals surface area contributed by atoms with E-state index in [0.717, 1.165) is 43.1 Å². The highest BCUT2D eigenvalue weighted by molar-refractivity contribution is 6.30. The molecule has 2 aromatic rings. The minimum absolute atomic E-state index is 0.232. The Bertz CT molecular complexity index is 765. The zero-order chi connectivity index (χ0) is 17.2. The molecule has 132 valence electrons. The third-order valence-electron chi connectivity index (χ3n) is 4.79. The Morgan fingerprint density at radius 1 is 1.08 bits per heavy atom. The van der Waals surface area contributed by atoms with Crippen LogP contribution in [-0.2, 0) is 6.54 Å². The number of piperidine rings is 1. The van der Waals surface area contributed by atoms with E-state index in [9.17, 15) is 4.39 Å². The number of anilines is 1. The van der Waals surface area contributed by atoms with E-state index in [1.807, 2.05) is 18.2 Å². The smallest absolute Gasteiger partial charge is 0.231 e. The summed E-state index contributed by atoms with van der Waals surface area (Å²) in [6.45, 7) is 2.64. The van der Waals surface area contributed by atoms with Crippen LogP contribution >= 0.6 is 11.6 Å². The number of benzene rings is 2. The van der Waals surface area contributed by atoms with Crippen molar-refractivity contribution in [2.75, 3.05) is 24.8 Å². The molecule has 0 aliphatic carbocycles. The van der Waals surface area contributed by atoms with Gasteiger partial charge in [-0.2, -0.15) is 0 Å². The molecule has 0 unspecified atom stereocenters. The number of hydrogen-bond acceptors (Lipinski definition) is 4. The number of halogens is 2. The largest absolute Gasteiger partial charge is 0.454 e. The van der Waals surface area contributed by atoms with Gasteiger partial charge in [-0.25, -0.2) is 4.39 Å². The minimum Gasteiger partial charge on any atom is -0.454 e. The van der Waals surface area contributed by atoms with Crippen LogP contribution in [0.1, 0.15) is 18.4 Å². The standard InChI is InChI=1S/C19H20ClFN2O2/c20-14-1-3-17(21)13(9-14)11-23(15-5-7-22-8-6-15)16-2-4-18-19(10-16)25-12-24-18/h1-4,9-10,15,22H,5-8,11-12H2. The maximum Gasteiger partial charge on any atom is 0.231 e. The van der Waals surface area contributed by atoms with E-state index in [-0.39, 0.29) is 12.6 Å². The van der Waals surface area contributed by atoms with Crippen LogP contribution in [0.25, 0.3) is 0 Å². The molecule has 6 heteroatoms. The van der Waals surface area contributed by atoms with Crippen LogP contribution in [0.3, 0.4) is 0 Å². The highest BCUT2D eigenvalue weighted by Gasteiger charge is 2.24. The maximum atomic E-state index is 14.3. The molecule has 1 N–H and O–H groups in total. The highest BCUT2D eigenvalue weighted by atomic mass is 35.5. The molecule has 4 rings (SSSR count). The Labute approximate surface area is 151 Å². The predicted octanol–water partition coefficient (Wildman–Crippen LogP) is 3.97. The second kappa shape index (κ2) is 7.10. The summed E-state index contributed by atoms with van der Waals surface area (Å²) in [5.41, 5.74) is 1.61. The number of hydrogen-bond donors (Lipinski definition) is 1. The molecule has 2 aliphatic rings. The SMILES string of the molecule is Fc1ccc(Cl)cc1CN(c1ccc2c(c1)OCO2)C1CCNCC1. The van der Waals surface area contributed by atoms with E-state index in [1.54, 1.807) is 12.1 Å². The fraction of sp³-hybridized carbons (Fsp3) is 0.368. The van der Waals surface area contributed by atoms with Crippen molar-refractivity contribution in [2.45, 2.75) is 25.4 Å². The van der Waals surface area contributed by atoms with Crippen LogP contribution in [0.15, 0.2) is 36.4 Å². The molecular weight excluding hydrogens is 343 g/mol. The van der Waals surface area contributed by atoms with Crippen molar-refractivity contribution >= 4 is 17.3 Å². The second-order valence-corrected chi connectivity index (χ2v) is 6.82. The first-order valence-corrected chi connectivity index (χ1v) is 8.89. The molecule has 2 aromatic carbocycles. The lowest BCUT2D eigenvalue weighted by Crippen LogP contribution is -2.43. The van der Waals surface area contributed by atoms with Gasteiger partial charge in [-0.15, -0.1) is 0 Å². The first kappa shape index (κ1) is 16.5. The number of nitrogens with one attached hydrogen (secondary N) is 1. The van der Waals surface area contributed by atoms with Gasteiger partial charge in [0.25, 0.3) is 0 Å². The second-order valence-electron chi connectivity index (χ2n) is 6.38. The summed E-state index contributed by atoms with van der Waals surface area (Å²) in [6, 6.07) is 11.0. The van der Waals surface area contributed by atoms with Crippen LogP contribution in [0.2, 0.25) is 5.02 Å². The lowest BCUT2D eigenvalue weighted by atomic mass is 10.0. The van der Waals surface area contributed by atoms with Crippen LogP contribution < -0.4 is 19.7 Å². The monoisotopic (exact) mass is 362 g/mol. The molecule has 1 fully saturated rings. The number of nitrogens with zero attached hydrogens (tertiary/aromatic N) is 1. The molecule has 2 aliphatic heterocycles. The van der Waals surface area contributed by atoms with E-state index in [1.165, 1.54) is 6.07 Å². The van der Waals surface area contributed by atoms with Gasteiger partial charge in [0.2, 0.25) is 6.79 Å². The Morgan fingerprint density at radius 3 is 2.72 bits per heavy atom. The molecule has 1 saturated heterocycles. The number of fused-ring (bicyclic) bond motifs is 1. The van der Waals surface area contributed by atoms with E-state index >= 15 is 0 Å². The highest BCUT2D eigenvalue weighted by Crippen LogP contribution is 2.37. The Kier molecular flexibility index (Phi) is 4.68. The first-order valence-electron chi connectivity index (χ1n) is 8.51. The summed E-state index contributed by atoms with van der Waals surface area (Å²) in [5, 5.41) is 3.93. The Morgan fingerprint density at radius 2 is 1.88 bits per heavy atom. The molecule has 0 bridgehead atoms. The molecule has 2 heterocycles. The molecular formula is C19H20ClFN2O2. The molecule has 4 nitrogen and oxygen atoms in total. The summed E-state index contributed by atoms with van der Waals surface area (Å²) in [6.07, 6.45) is 2.02. The van der Waals surface area contributed by atoms with Crippen LogP contribution in [0.5, 0.6) is 11.5 Å². The van der Waals surface area contributed by atoms with Crippen LogP contribution in [-0.4, -0.2) is 25.9 Å². The van der Waals surface area contributed by atoms with Crippen LogP contribution in [0.4, 0.5) is 10.1 Å². The van der Waals surface area contributed by atoms with Gasteiger partial charge in [-0.05, 0) is 56.3 Å². The van der Waals surface area contributed by atoms with Gasteiger partial charge in [-0.3, -0.25) is 0 Å². The van der Waals surface area contributed by atoms with Crippen molar-refractivity contribution in [2.24, 2.45) is 0 Å². The molecule has 0 radical (unpaired) electrons. The zero-order valence-electron chi connectivity index (χ0n) is 13.8. The molecule has 0 amide bonds. The number of ether oxygens (including phenoxy) is 2. The van der Waals surface area contributed by atoms with Gasteiger partial charge in [0, 0.05) is 34.9 Å². The van der Waals surface area contributed by atoms with Gasteiger partial charge >= 0.3 is 0 Å². The third-order valence-corrected chi connectivity index (χ3v) is 5.02. The van der Waals surface area contributed by atoms with Crippen molar-refractivity contribution in [1.82, 2.24) is 5.32 Å². The summed E-state index contributed by atoms with van der Waals surface area (Å²) in [7, 11) is 0. The molecule has 0 atom stereocenters. The summed E-state index contributed by atoms with van der Waals surface area (Å²) < 4.78 is 25.2. The van der Waals surface area contributed by atoms with E-state index in [2.05, 4.69) is 10.2 Å². The summed E-state index contributed by atoms with van der Waals surface area (Å²) >= 11 is 6.08. The Hall–Kier alpha value is -1.98. The Balaban J connectivity index is 1.67. The van der Waals surface area contributed by atoms with Gasteiger partial charge in [0.05, 0.1) is 0 Å². The molecule has 0 aromatic heterocycles. The normalized spacial score (nSPS) is 16.9. The lowest BCUT2D eigenvalue weighted by Gasteiger charge is -2.36. The van der Waals surface area contributed by atoms with E-state index in [4.69, 9.17) is 21.1 Å². The maximum absolute atomic E-state index is 14.3. The number of rotatable bonds is 4. The van der Waals surface area contributed by atoms with Crippen molar-refractivity contribution < 1.29 is 13.9 Å². The summed E-state index contributed by atoms with van der Waals surface area (Å²) in [5.74, 6) is 1.26. The van der Waals surface area contributed by atoms with Crippen molar-refractivity contribution in [1.29, 1.82) is 0 Å². The molecule has 0 spiro atoms. The third kappa shape index (κ3) is 3.53. The molecule has 25 heavy (non-hydrogen) atoms. The average Bonchev–Trinajstić information content (AvgIpc) is 3.11. The first-order chi connectivity index (χ1) is 12.2. The fourth-order valence-electron chi connectivity index (χ4n) is 3.46. The van der Waals surface area contributed by atoms with Gasteiger partial charge in [0.1, 0.15) is 5.82 Å². The van der Waals surface area contributed by atoms with Crippen molar-refractivity contribution in [3.63, 3.8) is 0 Å². The average molecular weight is 363 g/mol. The lowest BCUT2D eigenvalue weighted by molar-refractivity contribution is 0.174. The quantitative estimate of drug-likeness (QED) is 0.892. The van der Waals surface area contributed by atoms with Crippen LogP contribution in [0, 0.1) is 5.82 Å². The van der Waals surface area contributed by atoms with Gasteiger partial charge < -0.3 is 19.7 Å². The van der Waals surface area contributed by atoms with Crippen molar-refractivity contribution in [3.8, 4) is 11.5 Å². The van der Waals surface area contributed by atoms with Gasteiger partial charge in [0.15, 0.2) is 11.5 Å². The summed E-state index contributed by atoms with van der Waals surface area (Å²) in [4.78, 5) is 2.25. The zero-order valence-corrected chi connectivity index (χ0v) is 14.6. The predicted molar refractivity (Wildman–Crippen MR) is 96.0 cm³/mol. The fourth-order valence-corrected chi connectivity index (χ4v) is 3.66. The topological polar surface area (TPSA) is 33.7 Å². The minimum atomic E-state index is -0.232. The van der Waals surface area contributed by atoms with E-state index < -0.39 is 0 Å².